The molecule has 0 bridgehead atoms. The first kappa shape index (κ1) is 11.4. The fraction of sp³-hybridized carbons (Fsp3) is 0.143. The van der Waals surface area contributed by atoms with Crippen molar-refractivity contribution in [1.82, 2.24) is 15.4 Å². The van der Waals surface area contributed by atoms with Crippen molar-refractivity contribution in [2.45, 2.75) is 5.16 Å². The number of esters is 1. The van der Waals surface area contributed by atoms with E-state index in [9.17, 15) is 9.59 Å². The van der Waals surface area contributed by atoms with E-state index in [0.29, 0.717) is 5.16 Å². The van der Waals surface area contributed by atoms with Crippen LogP contribution in [0.2, 0.25) is 0 Å². The number of hydrogen-bond donors (Lipinski definition) is 2. The molecule has 0 aromatic carbocycles. The highest BCUT2D eigenvalue weighted by Gasteiger charge is 2.13. The number of thioether (sulfide) groups is 1. The Morgan fingerprint density at radius 3 is 2.93 bits per heavy atom. The molecule has 1 heterocycles. The van der Waals surface area contributed by atoms with Crippen LogP contribution in [0.4, 0.5) is 4.79 Å². The average Bonchev–Trinajstić information content (AvgIpc) is 2.28. The smallest absolute Gasteiger partial charge is 0.370 e. The number of carbonyl (C=O) groups is 2. The summed E-state index contributed by atoms with van der Waals surface area (Å²) < 4.78 is 4.27. The van der Waals surface area contributed by atoms with Gasteiger partial charge >= 0.3 is 12.1 Å². The van der Waals surface area contributed by atoms with Crippen LogP contribution in [0, 0.1) is 0 Å². The van der Waals surface area contributed by atoms with Gasteiger partial charge in [-0.3, -0.25) is 5.43 Å². The minimum atomic E-state index is -1.04. The maximum Gasteiger partial charge on any atom is 0.429 e. The summed E-state index contributed by atoms with van der Waals surface area (Å²) in [4.78, 5) is 29.6. The quantitative estimate of drug-likeness (QED) is 0.139. The maximum absolute atomic E-state index is 11.2. The van der Waals surface area contributed by atoms with Gasteiger partial charge in [-0.05, 0) is 12.3 Å². The van der Waals surface area contributed by atoms with Crippen molar-refractivity contribution >= 4 is 23.8 Å². The van der Waals surface area contributed by atoms with Crippen LogP contribution in [0.25, 0.3) is 0 Å². The highest BCUT2D eigenvalue weighted by Crippen LogP contribution is 2.08. The summed E-state index contributed by atoms with van der Waals surface area (Å²) in [7, 11) is 0. The number of nitrogens with one attached hydrogen (secondary N) is 1. The van der Waals surface area contributed by atoms with E-state index < -0.39 is 12.1 Å². The van der Waals surface area contributed by atoms with Crippen molar-refractivity contribution in [2.24, 2.45) is 5.84 Å². The molecule has 0 radical (unpaired) electrons. The number of nitrogens with two attached hydrogens (primary N) is 1. The molecule has 0 atom stereocenters. The van der Waals surface area contributed by atoms with E-state index in [1.165, 1.54) is 24.0 Å². The van der Waals surface area contributed by atoms with Crippen LogP contribution >= 0.6 is 11.8 Å². The van der Waals surface area contributed by atoms with Gasteiger partial charge in [0.1, 0.15) is 0 Å². The van der Waals surface area contributed by atoms with E-state index in [2.05, 4.69) is 14.7 Å². The first-order valence-corrected chi connectivity index (χ1v) is 4.99. The molecule has 0 fully saturated rings. The summed E-state index contributed by atoms with van der Waals surface area (Å²) >= 11 is 1.27. The fourth-order valence-corrected chi connectivity index (χ4v) is 1.07. The summed E-state index contributed by atoms with van der Waals surface area (Å²) in [5.41, 5.74) is 1.66. The minimum absolute atomic E-state index is 0.00190. The number of carbonyl (C=O) groups excluding carboxylic acids is 2. The highest BCUT2D eigenvalue weighted by molar-refractivity contribution is 7.98. The number of rotatable bonds is 2. The standard InChI is InChI=1S/C7H8N4O3S/c1-15-6-9-3-2-4(10-6)5(12)14-7(13)11-8/h2-3H,8H2,1H3,(H,11,13). The van der Waals surface area contributed by atoms with Gasteiger partial charge in [-0.15, -0.1) is 0 Å². The second-order valence-electron chi connectivity index (χ2n) is 2.25. The molecule has 0 saturated heterocycles. The average molecular weight is 228 g/mol. The van der Waals surface area contributed by atoms with E-state index in [4.69, 9.17) is 5.84 Å². The lowest BCUT2D eigenvalue weighted by molar-refractivity contribution is 0.0615. The summed E-state index contributed by atoms with van der Waals surface area (Å²) in [6, 6.07) is 1.34. The largest absolute Gasteiger partial charge is 0.429 e. The Balaban J connectivity index is 2.77. The topological polar surface area (TPSA) is 107 Å². The van der Waals surface area contributed by atoms with Gasteiger partial charge in [0.2, 0.25) is 0 Å². The van der Waals surface area contributed by atoms with E-state index in [0.717, 1.165) is 0 Å². The first-order chi connectivity index (χ1) is 7.17. The number of aromatic nitrogens is 2. The van der Waals surface area contributed by atoms with Gasteiger partial charge in [0, 0.05) is 6.20 Å². The predicted octanol–water partition coefficient (Wildman–Crippen LogP) is -0.0614. The van der Waals surface area contributed by atoms with E-state index in [1.807, 2.05) is 0 Å². The predicted molar refractivity (Wildman–Crippen MR) is 51.9 cm³/mol. The first-order valence-electron chi connectivity index (χ1n) is 3.77. The zero-order valence-corrected chi connectivity index (χ0v) is 8.58. The molecular weight excluding hydrogens is 220 g/mol. The Morgan fingerprint density at radius 1 is 1.60 bits per heavy atom. The van der Waals surface area contributed by atoms with E-state index >= 15 is 0 Å². The van der Waals surface area contributed by atoms with E-state index in [-0.39, 0.29) is 5.69 Å². The Kier molecular flexibility index (Phi) is 4.01. The lowest BCUT2D eigenvalue weighted by Gasteiger charge is -2.01. The highest BCUT2D eigenvalue weighted by atomic mass is 32.2. The Bertz CT molecular complexity index is 384. The molecule has 1 aromatic heterocycles. The molecule has 0 aliphatic heterocycles. The zero-order valence-electron chi connectivity index (χ0n) is 7.76. The Labute approximate surface area is 89.4 Å². The molecule has 1 amide bonds. The Hall–Kier alpha value is -1.67. The number of nitrogens with zero attached hydrogens (tertiary/aromatic N) is 2. The third-order valence-corrected chi connectivity index (χ3v) is 1.89. The molecule has 7 nitrogen and oxygen atoms in total. The van der Waals surface area contributed by atoms with Crippen LogP contribution in [0.1, 0.15) is 10.5 Å². The molecule has 1 rings (SSSR count). The third kappa shape index (κ3) is 3.18. The van der Waals surface area contributed by atoms with Crippen molar-refractivity contribution < 1.29 is 14.3 Å². The lowest BCUT2D eigenvalue weighted by atomic mass is 10.4. The minimum Gasteiger partial charge on any atom is -0.370 e. The zero-order chi connectivity index (χ0) is 11.3. The monoisotopic (exact) mass is 228 g/mol. The van der Waals surface area contributed by atoms with Crippen molar-refractivity contribution in [3.8, 4) is 0 Å². The molecule has 1 aromatic rings. The molecule has 0 spiro atoms. The summed E-state index contributed by atoms with van der Waals surface area (Å²) in [5, 5.41) is 0.414. The molecule has 80 valence electrons. The van der Waals surface area contributed by atoms with Crippen molar-refractivity contribution in [3.05, 3.63) is 18.0 Å². The summed E-state index contributed by atoms with van der Waals surface area (Å²) in [6.07, 6.45) is 2.12. The molecular formula is C7H8N4O3S. The normalized spacial score (nSPS) is 9.47. The summed E-state index contributed by atoms with van der Waals surface area (Å²) in [5.74, 6) is 3.86. The van der Waals surface area contributed by atoms with Gasteiger partial charge in [-0.1, -0.05) is 11.8 Å². The van der Waals surface area contributed by atoms with Gasteiger partial charge < -0.3 is 4.74 Å². The van der Waals surface area contributed by atoms with Crippen LogP contribution in [0.15, 0.2) is 17.4 Å². The van der Waals surface area contributed by atoms with Gasteiger partial charge in [0.05, 0.1) is 0 Å². The van der Waals surface area contributed by atoms with Gasteiger partial charge in [-0.25, -0.2) is 25.4 Å². The number of hydrogen-bond acceptors (Lipinski definition) is 7. The van der Waals surface area contributed by atoms with Crippen molar-refractivity contribution in [2.75, 3.05) is 6.26 Å². The fourth-order valence-electron chi connectivity index (χ4n) is 0.719. The van der Waals surface area contributed by atoms with Crippen LogP contribution in [0.3, 0.4) is 0 Å². The molecule has 3 N–H and O–H groups in total. The molecule has 0 aliphatic carbocycles. The summed E-state index contributed by atoms with van der Waals surface area (Å²) in [6.45, 7) is 0. The molecule has 0 unspecified atom stereocenters. The molecule has 15 heavy (non-hydrogen) atoms. The lowest BCUT2D eigenvalue weighted by Crippen LogP contribution is -2.32. The Morgan fingerprint density at radius 2 is 2.33 bits per heavy atom. The molecule has 0 aliphatic rings. The third-order valence-electron chi connectivity index (χ3n) is 1.33. The van der Waals surface area contributed by atoms with Crippen LogP contribution < -0.4 is 11.3 Å². The van der Waals surface area contributed by atoms with Gasteiger partial charge in [0.15, 0.2) is 10.9 Å². The van der Waals surface area contributed by atoms with Crippen molar-refractivity contribution in [1.29, 1.82) is 0 Å². The van der Waals surface area contributed by atoms with Crippen LogP contribution in [-0.2, 0) is 4.74 Å². The maximum atomic E-state index is 11.2. The van der Waals surface area contributed by atoms with E-state index in [1.54, 1.807) is 11.7 Å². The van der Waals surface area contributed by atoms with Crippen molar-refractivity contribution in [3.63, 3.8) is 0 Å². The van der Waals surface area contributed by atoms with Gasteiger partial charge in [0.25, 0.3) is 0 Å². The number of ether oxygens (including phenoxy) is 1. The number of amides is 1. The second-order valence-corrected chi connectivity index (χ2v) is 3.02. The second kappa shape index (κ2) is 5.27. The number of hydrazine groups is 1. The molecule has 8 heteroatoms. The van der Waals surface area contributed by atoms with Crippen LogP contribution in [0.5, 0.6) is 0 Å². The molecule has 0 saturated carbocycles. The van der Waals surface area contributed by atoms with Crippen LogP contribution in [-0.4, -0.2) is 28.3 Å². The van der Waals surface area contributed by atoms with Gasteiger partial charge in [-0.2, -0.15) is 0 Å². The SMILES string of the molecule is CSc1nccc(C(=O)OC(=O)NN)n1.